The average Bonchev–Trinajstić information content (AvgIpc) is 2.74. The maximum Gasteiger partial charge on any atom is 0.276 e. The predicted octanol–water partition coefficient (Wildman–Crippen LogP) is 2.29. The standard InChI is InChI=1S/C16H13ClF2N2O3/c1-2-5-24-13-8-10(11(18)9-12(13)19)14-15(17)20-3-6-23-7-4-21(20)16(14)22/h1,8-9H,3-7H2. The van der Waals surface area contributed by atoms with Crippen LogP contribution >= 0.6 is 11.6 Å². The topological polar surface area (TPSA) is 45.4 Å². The highest BCUT2D eigenvalue weighted by Crippen LogP contribution is 2.32. The van der Waals surface area contributed by atoms with E-state index in [1.807, 2.05) is 0 Å². The lowest BCUT2D eigenvalue weighted by atomic mass is 10.1. The number of halogens is 3. The Hall–Kier alpha value is -2.30. The van der Waals surface area contributed by atoms with Crippen LogP contribution < -0.4 is 10.3 Å². The Balaban J connectivity index is 2.16. The highest BCUT2D eigenvalue weighted by molar-refractivity contribution is 6.32. The lowest BCUT2D eigenvalue weighted by Gasteiger charge is -2.08. The lowest BCUT2D eigenvalue weighted by molar-refractivity contribution is 0.137. The van der Waals surface area contributed by atoms with E-state index in [0.717, 1.165) is 6.07 Å². The van der Waals surface area contributed by atoms with E-state index in [9.17, 15) is 13.6 Å². The molecule has 1 aromatic carbocycles. The van der Waals surface area contributed by atoms with Crippen LogP contribution in [0.15, 0.2) is 16.9 Å². The van der Waals surface area contributed by atoms with Gasteiger partial charge >= 0.3 is 0 Å². The molecule has 2 aromatic rings. The summed E-state index contributed by atoms with van der Waals surface area (Å²) in [4.78, 5) is 12.6. The Morgan fingerprint density at radius 1 is 1.25 bits per heavy atom. The van der Waals surface area contributed by atoms with Crippen molar-refractivity contribution in [1.29, 1.82) is 0 Å². The number of fused-ring (bicyclic) bond motifs is 1. The summed E-state index contributed by atoms with van der Waals surface area (Å²) in [5.41, 5.74) is -0.645. The fourth-order valence-corrected chi connectivity index (χ4v) is 2.94. The summed E-state index contributed by atoms with van der Waals surface area (Å²) in [6.45, 7) is 1.20. The number of ether oxygens (including phenoxy) is 2. The van der Waals surface area contributed by atoms with Crippen molar-refractivity contribution in [2.45, 2.75) is 13.1 Å². The summed E-state index contributed by atoms with van der Waals surface area (Å²) < 4.78 is 41.3. The minimum absolute atomic E-state index is 0.0402. The first kappa shape index (κ1) is 16.6. The first-order chi connectivity index (χ1) is 11.5. The molecule has 0 radical (unpaired) electrons. The second kappa shape index (κ2) is 6.67. The molecule has 0 N–H and O–H groups in total. The molecule has 0 fully saturated rings. The van der Waals surface area contributed by atoms with Gasteiger partial charge in [0.2, 0.25) is 0 Å². The monoisotopic (exact) mass is 354 g/mol. The third-order valence-electron chi connectivity index (χ3n) is 3.67. The fraction of sp³-hybridized carbons (Fsp3) is 0.312. The van der Waals surface area contributed by atoms with Crippen LogP contribution in [0.5, 0.6) is 5.75 Å². The Morgan fingerprint density at radius 3 is 2.67 bits per heavy atom. The minimum atomic E-state index is -0.906. The second-order valence-corrected chi connectivity index (χ2v) is 5.44. The van der Waals surface area contributed by atoms with Gasteiger partial charge in [-0.05, 0) is 6.07 Å². The van der Waals surface area contributed by atoms with Crippen LogP contribution in [-0.4, -0.2) is 29.2 Å². The van der Waals surface area contributed by atoms with Crippen LogP contribution in [0, 0.1) is 24.0 Å². The molecule has 0 spiro atoms. The molecular formula is C16H13ClF2N2O3. The van der Waals surface area contributed by atoms with Gasteiger partial charge in [0.15, 0.2) is 11.6 Å². The van der Waals surface area contributed by atoms with Crippen LogP contribution in [0.3, 0.4) is 0 Å². The third-order valence-corrected chi connectivity index (χ3v) is 4.05. The molecular weight excluding hydrogens is 342 g/mol. The van der Waals surface area contributed by atoms with Gasteiger partial charge in [-0.1, -0.05) is 17.5 Å². The molecule has 3 rings (SSSR count). The van der Waals surface area contributed by atoms with E-state index in [1.54, 1.807) is 0 Å². The van der Waals surface area contributed by atoms with E-state index >= 15 is 0 Å². The first-order valence-corrected chi connectivity index (χ1v) is 7.55. The van der Waals surface area contributed by atoms with Crippen LogP contribution in [-0.2, 0) is 17.8 Å². The maximum absolute atomic E-state index is 14.3. The summed E-state index contributed by atoms with van der Waals surface area (Å²) in [5.74, 6) is 0.142. The summed E-state index contributed by atoms with van der Waals surface area (Å²) in [6, 6.07) is 1.75. The zero-order chi connectivity index (χ0) is 17.3. The predicted molar refractivity (Wildman–Crippen MR) is 84.2 cm³/mol. The van der Waals surface area contributed by atoms with Crippen LogP contribution in [0.1, 0.15) is 0 Å². The molecule has 0 unspecified atom stereocenters. The molecule has 0 aliphatic carbocycles. The Labute approximate surface area is 141 Å². The number of terminal acetylenes is 1. The van der Waals surface area contributed by atoms with Crippen LogP contribution in [0.25, 0.3) is 11.1 Å². The molecule has 0 saturated heterocycles. The van der Waals surface area contributed by atoms with Crippen LogP contribution in [0.2, 0.25) is 5.15 Å². The molecule has 126 valence electrons. The largest absolute Gasteiger partial charge is 0.478 e. The number of hydrogen-bond acceptors (Lipinski definition) is 3. The van der Waals surface area contributed by atoms with E-state index in [0.29, 0.717) is 32.4 Å². The smallest absolute Gasteiger partial charge is 0.276 e. The van der Waals surface area contributed by atoms with Crippen LogP contribution in [0.4, 0.5) is 8.78 Å². The lowest BCUT2D eigenvalue weighted by Crippen LogP contribution is -2.23. The molecule has 5 nitrogen and oxygen atoms in total. The van der Waals surface area contributed by atoms with Crippen molar-refractivity contribution in [2.75, 3.05) is 19.8 Å². The van der Waals surface area contributed by atoms with E-state index < -0.39 is 17.2 Å². The van der Waals surface area contributed by atoms with Gasteiger partial charge in [-0.25, -0.2) is 13.5 Å². The molecule has 0 saturated carbocycles. The van der Waals surface area contributed by atoms with Gasteiger partial charge in [0.1, 0.15) is 17.6 Å². The molecule has 1 aliphatic heterocycles. The van der Waals surface area contributed by atoms with E-state index in [-0.39, 0.29) is 28.6 Å². The number of benzene rings is 1. The second-order valence-electron chi connectivity index (χ2n) is 5.08. The van der Waals surface area contributed by atoms with E-state index in [4.69, 9.17) is 27.5 Å². The molecule has 1 aliphatic rings. The molecule has 0 amide bonds. The van der Waals surface area contributed by atoms with Gasteiger partial charge in [-0.3, -0.25) is 9.48 Å². The van der Waals surface area contributed by atoms with Crippen molar-refractivity contribution in [3.8, 4) is 29.2 Å². The number of nitrogens with zero attached hydrogens (tertiary/aromatic N) is 2. The normalized spacial score (nSPS) is 13.9. The Kier molecular flexibility index (Phi) is 4.60. The Bertz CT molecular complexity index is 883. The van der Waals surface area contributed by atoms with Crippen molar-refractivity contribution in [1.82, 2.24) is 9.36 Å². The third kappa shape index (κ3) is 2.79. The van der Waals surface area contributed by atoms with E-state index in [1.165, 1.54) is 9.36 Å². The van der Waals surface area contributed by atoms with Gasteiger partial charge in [0.25, 0.3) is 5.56 Å². The van der Waals surface area contributed by atoms with Gasteiger partial charge in [0, 0.05) is 11.6 Å². The molecule has 2 heterocycles. The van der Waals surface area contributed by atoms with Gasteiger partial charge < -0.3 is 9.47 Å². The average molecular weight is 355 g/mol. The number of aromatic nitrogens is 2. The van der Waals surface area contributed by atoms with Crippen molar-refractivity contribution in [3.05, 3.63) is 39.3 Å². The quantitative estimate of drug-likeness (QED) is 0.794. The van der Waals surface area contributed by atoms with Crippen molar-refractivity contribution in [3.63, 3.8) is 0 Å². The van der Waals surface area contributed by atoms with Gasteiger partial charge in [-0.15, -0.1) is 6.42 Å². The summed E-state index contributed by atoms with van der Waals surface area (Å²) in [6.07, 6.45) is 5.07. The zero-order valence-corrected chi connectivity index (χ0v) is 13.3. The van der Waals surface area contributed by atoms with Gasteiger partial charge in [0.05, 0.1) is 31.9 Å². The van der Waals surface area contributed by atoms with Crippen molar-refractivity contribution in [2.24, 2.45) is 0 Å². The highest BCUT2D eigenvalue weighted by Gasteiger charge is 2.25. The summed E-state index contributed by atoms with van der Waals surface area (Å²) in [7, 11) is 0. The summed E-state index contributed by atoms with van der Waals surface area (Å²) in [5, 5.41) is 0.0684. The first-order valence-electron chi connectivity index (χ1n) is 7.17. The molecule has 24 heavy (non-hydrogen) atoms. The maximum atomic E-state index is 14.3. The van der Waals surface area contributed by atoms with Crippen molar-refractivity contribution >= 4 is 11.6 Å². The minimum Gasteiger partial charge on any atom is -0.478 e. The molecule has 0 atom stereocenters. The molecule has 1 aromatic heterocycles. The highest BCUT2D eigenvalue weighted by atomic mass is 35.5. The molecule has 8 heteroatoms. The summed E-state index contributed by atoms with van der Waals surface area (Å²) >= 11 is 6.28. The fourth-order valence-electron chi connectivity index (χ4n) is 2.58. The van der Waals surface area contributed by atoms with Crippen molar-refractivity contribution < 1.29 is 18.3 Å². The number of rotatable bonds is 3. The zero-order valence-electron chi connectivity index (χ0n) is 12.5. The van der Waals surface area contributed by atoms with E-state index in [2.05, 4.69) is 5.92 Å². The Morgan fingerprint density at radius 2 is 1.96 bits per heavy atom. The number of hydrogen-bond donors (Lipinski definition) is 0. The van der Waals surface area contributed by atoms with Gasteiger partial charge in [-0.2, -0.15) is 0 Å². The molecule has 0 bridgehead atoms. The SMILES string of the molecule is C#CCOc1cc(-c2c(Cl)n3n(c2=O)CCOCC3)c(F)cc1F.